The normalized spacial score (nSPS) is 10.9. The summed E-state index contributed by atoms with van der Waals surface area (Å²) < 4.78 is 10.7. The number of carbonyl (C=O) groups excluding carboxylic acids is 1. The minimum absolute atomic E-state index is 0.0704. The average Bonchev–Trinajstić information content (AvgIpc) is 3.33. The Hall–Kier alpha value is -2.64. The van der Waals surface area contributed by atoms with Crippen molar-refractivity contribution in [2.24, 2.45) is 0 Å². The number of nitrogens with zero attached hydrogens (tertiary/aromatic N) is 2. The van der Waals surface area contributed by atoms with Crippen molar-refractivity contribution < 1.29 is 13.9 Å². The second kappa shape index (κ2) is 8.64. The van der Waals surface area contributed by atoms with Gasteiger partial charge in [-0.15, -0.1) is 11.3 Å². The largest absolute Gasteiger partial charge is 0.497 e. The zero-order valence-corrected chi connectivity index (χ0v) is 15.6. The van der Waals surface area contributed by atoms with E-state index in [-0.39, 0.29) is 12.5 Å². The van der Waals surface area contributed by atoms with Crippen molar-refractivity contribution >= 4 is 22.9 Å². The molecule has 1 N–H and O–H groups in total. The minimum Gasteiger partial charge on any atom is -0.497 e. The summed E-state index contributed by atoms with van der Waals surface area (Å²) in [6.07, 6.45) is 1.65. The molecule has 0 atom stereocenters. The van der Waals surface area contributed by atoms with Crippen LogP contribution in [0.25, 0.3) is 10.8 Å². The maximum atomic E-state index is 12.3. The summed E-state index contributed by atoms with van der Waals surface area (Å²) in [5.74, 6) is 1.30. The lowest BCUT2D eigenvalue weighted by atomic mass is 10.3. The molecule has 0 spiro atoms. The Morgan fingerprint density at radius 1 is 1.31 bits per heavy atom. The van der Waals surface area contributed by atoms with Gasteiger partial charge in [0.2, 0.25) is 11.8 Å². The van der Waals surface area contributed by atoms with E-state index >= 15 is 0 Å². The maximum Gasteiger partial charge on any atom is 0.238 e. The van der Waals surface area contributed by atoms with E-state index in [9.17, 15) is 4.79 Å². The van der Waals surface area contributed by atoms with Crippen LogP contribution in [0, 0.1) is 0 Å². The fraction of sp³-hybridized carbons (Fsp3) is 0.263. The monoisotopic (exact) mass is 371 g/mol. The van der Waals surface area contributed by atoms with E-state index in [0.717, 1.165) is 28.6 Å². The Bertz CT molecular complexity index is 828. The van der Waals surface area contributed by atoms with Crippen LogP contribution in [-0.2, 0) is 11.3 Å². The van der Waals surface area contributed by atoms with Crippen LogP contribution in [0.1, 0.15) is 12.6 Å². The van der Waals surface area contributed by atoms with E-state index in [4.69, 9.17) is 9.15 Å². The highest BCUT2D eigenvalue weighted by atomic mass is 32.1. The fourth-order valence-corrected chi connectivity index (χ4v) is 3.14. The molecule has 7 heteroatoms. The Morgan fingerprint density at radius 3 is 2.77 bits per heavy atom. The van der Waals surface area contributed by atoms with Gasteiger partial charge < -0.3 is 14.5 Å². The third-order valence-electron chi connectivity index (χ3n) is 3.86. The van der Waals surface area contributed by atoms with Crippen molar-refractivity contribution in [3.05, 3.63) is 53.7 Å². The summed E-state index contributed by atoms with van der Waals surface area (Å²) in [5, 5.41) is 4.88. The third kappa shape index (κ3) is 4.71. The molecular weight excluding hydrogens is 350 g/mol. The topological polar surface area (TPSA) is 67.6 Å². The molecule has 0 radical (unpaired) electrons. The molecule has 0 saturated carbocycles. The Morgan fingerprint density at radius 2 is 2.12 bits per heavy atom. The molecule has 0 aliphatic carbocycles. The number of benzene rings is 1. The number of amides is 1. The molecule has 0 fully saturated rings. The fourth-order valence-electron chi connectivity index (χ4n) is 2.48. The summed E-state index contributed by atoms with van der Waals surface area (Å²) >= 11 is 1.59. The number of carbonyl (C=O) groups is 1. The molecule has 3 rings (SSSR count). The predicted molar refractivity (Wildman–Crippen MR) is 102 cm³/mol. The first-order chi connectivity index (χ1) is 12.7. The molecule has 1 aromatic carbocycles. The molecule has 2 heterocycles. The lowest BCUT2D eigenvalue weighted by Gasteiger charge is -2.18. The van der Waals surface area contributed by atoms with Gasteiger partial charge >= 0.3 is 0 Å². The van der Waals surface area contributed by atoms with E-state index in [1.54, 1.807) is 24.7 Å². The van der Waals surface area contributed by atoms with Crippen molar-refractivity contribution in [1.82, 2.24) is 9.88 Å². The van der Waals surface area contributed by atoms with Gasteiger partial charge in [-0.1, -0.05) is 13.0 Å². The Kier molecular flexibility index (Phi) is 6.04. The molecule has 26 heavy (non-hydrogen) atoms. The number of thiophene rings is 1. The molecule has 136 valence electrons. The van der Waals surface area contributed by atoms with E-state index in [1.807, 2.05) is 53.6 Å². The lowest BCUT2D eigenvalue weighted by molar-refractivity contribution is -0.117. The van der Waals surface area contributed by atoms with Gasteiger partial charge in [0.25, 0.3) is 0 Å². The minimum atomic E-state index is -0.0704. The van der Waals surface area contributed by atoms with E-state index in [0.29, 0.717) is 12.4 Å². The molecule has 0 bridgehead atoms. The van der Waals surface area contributed by atoms with Crippen LogP contribution in [0.15, 0.2) is 52.5 Å². The highest BCUT2D eigenvalue weighted by molar-refractivity contribution is 7.13. The van der Waals surface area contributed by atoms with Gasteiger partial charge in [0.05, 0.1) is 24.2 Å². The molecule has 0 saturated heterocycles. The summed E-state index contributed by atoms with van der Waals surface area (Å²) in [6.45, 7) is 3.59. The summed E-state index contributed by atoms with van der Waals surface area (Å²) in [4.78, 5) is 19.8. The van der Waals surface area contributed by atoms with Gasteiger partial charge in [-0.25, -0.2) is 4.98 Å². The van der Waals surface area contributed by atoms with Gasteiger partial charge in [0.15, 0.2) is 0 Å². The summed E-state index contributed by atoms with van der Waals surface area (Å²) in [7, 11) is 1.61. The molecular formula is C19H21N3O3S. The number of likely N-dealkylation sites (N-methyl/N-ethyl adjacent to an activating group) is 1. The average molecular weight is 371 g/mol. The van der Waals surface area contributed by atoms with Gasteiger partial charge in [-0.2, -0.15) is 0 Å². The quantitative estimate of drug-likeness (QED) is 0.651. The first-order valence-electron chi connectivity index (χ1n) is 8.32. The molecule has 6 nitrogen and oxygen atoms in total. The Labute approximate surface area is 156 Å². The molecule has 2 aromatic heterocycles. The molecule has 0 aliphatic rings. The number of rotatable bonds is 8. The smallest absolute Gasteiger partial charge is 0.238 e. The number of anilines is 1. The van der Waals surface area contributed by atoms with Crippen LogP contribution >= 0.6 is 11.3 Å². The number of oxazole rings is 1. The number of ether oxygens (including phenoxy) is 1. The van der Waals surface area contributed by atoms with Crippen molar-refractivity contribution in [1.29, 1.82) is 0 Å². The second-order valence-electron chi connectivity index (χ2n) is 5.70. The lowest BCUT2D eigenvalue weighted by Crippen LogP contribution is -2.32. The van der Waals surface area contributed by atoms with Gasteiger partial charge in [-0.05, 0) is 42.3 Å². The molecule has 1 amide bonds. The van der Waals surface area contributed by atoms with E-state index in [2.05, 4.69) is 10.3 Å². The summed E-state index contributed by atoms with van der Waals surface area (Å²) in [5.41, 5.74) is 1.56. The van der Waals surface area contributed by atoms with Crippen LogP contribution in [0.4, 0.5) is 5.69 Å². The van der Waals surface area contributed by atoms with Gasteiger partial charge in [0.1, 0.15) is 12.0 Å². The number of methoxy groups -OCH3 is 1. The van der Waals surface area contributed by atoms with Gasteiger partial charge in [-0.3, -0.25) is 9.69 Å². The van der Waals surface area contributed by atoms with Crippen molar-refractivity contribution in [3.8, 4) is 16.5 Å². The number of hydrogen-bond donors (Lipinski definition) is 1. The third-order valence-corrected chi connectivity index (χ3v) is 4.72. The van der Waals surface area contributed by atoms with Gasteiger partial charge in [0, 0.05) is 12.2 Å². The molecule has 0 aliphatic heterocycles. The second-order valence-corrected chi connectivity index (χ2v) is 6.65. The number of nitrogens with one attached hydrogen (secondary N) is 1. The Balaban J connectivity index is 1.56. The van der Waals surface area contributed by atoms with Crippen LogP contribution in [-0.4, -0.2) is 36.0 Å². The van der Waals surface area contributed by atoms with Crippen molar-refractivity contribution in [2.75, 3.05) is 25.5 Å². The molecule has 3 aromatic rings. The van der Waals surface area contributed by atoms with Crippen molar-refractivity contribution in [3.63, 3.8) is 0 Å². The first kappa shape index (κ1) is 18.2. The molecule has 0 unspecified atom stereocenters. The predicted octanol–water partition coefficient (Wildman–Crippen LogP) is 3.87. The van der Waals surface area contributed by atoms with E-state index < -0.39 is 0 Å². The highest BCUT2D eigenvalue weighted by Crippen LogP contribution is 2.24. The van der Waals surface area contributed by atoms with Crippen LogP contribution < -0.4 is 10.1 Å². The first-order valence-corrected chi connectivity index (χ1v) is 9.20. The standard InChI is InChI=1S/C19H21N3O3S/c1-3-22(11-15-13-25-19(21-15)17-5-4-10-26-17)12-18(23)20-14-6-8-16(24-2)9-7-14/h4-10,13H,3,11-12H2,1-2H3,(H,20,23). The van der Waals surface area contributed by atoms with Crippen LogP contribution in [0.3, 0.4) is 0 Å². The zero-order chi connectivity index (χ0) is 18.4. The SMILES string of the molecule is CCN(CC(=O)Nc1ccc(OC)cc1)Cc1coc(-c2cccs2)n1. The maximum absolute atomic E-state index is 12.3. The van der Waals surface area contributed by atoms with Crippen molar-refractivity contribution in [2.45, 2.75) is 13.5 Å². The van der Waals surface area contributed by atoms with E-state index in [1.165, 1.54) is 0 Å². The summed E-state index contributed by atoms with van der Waals surface area (Å²) in [6, 6.07) is 11.2. The zero-order valence-electron chi connectivity index (χ0n) is 14.8. The number of aromatic nitrogens is 1. The highest BCUT2D eigenvalue weighted by Gasteiger charge is 2.14. The van der Waals surface area contributed by atoms with Crippen LogP contribution in [0.2, 0.25) is 0 Å². The van der Waals surface area contributed by atoms with Crippen LogP contribution in [0.5, 0.6) is 5.75 Å². The number of hydrogen-bond acceptors (Lipinski definition) is 6.